The van der Waals surface area contributed by atoms with Crippen LogP contribution in [0.4, 0.5) is 0 Å². The molecule has 2 aliphatic rings. The van der Waals surface area contributed by atoms with Gasteiger partial charge in [-0.15, -0.1) is 11.3 Å². The van der Waals surface area contributed by atoms with E-state index < -0.39 is 26.8 Å². The molecule has 0 spiro atoms. The Kier molecular flexibility index (Phi) is 8.85. The van der Waals surface area contributed by atoms with Crippen LogP contribution in [0, 0.1) is 11.3 Å². The van der Waals surface area contributed by atoms with Crippen LogP contribution in [0.25, 0.3) is 10.4 Å². The van der Waals surface area contributed by atoms with E-state index in [9.17, 15) is 18.0 Å². The molecule has 2 fully saturated rings. The summed E-state index contributed by atoms with van der Waals surface area (Å²) in [6.07, 6.45) is 1.60. The number of hydrogen-bond donors (Lipinski definition) is 1. The van der Waals surface area contributed by atoms with Gasteiger partial charge in [-0.05, 0) is 61.2 Å². The van der Waals surface area contributed by atoms with Gasteiger partial charge in [0, 0.05) is 41.4 Å². The van der Waals surface area contributed by atoms with Crippen LogP contribution in [0.5, 0.6) is 0 Å². The third-order valence-electron chi connectivity index (χ3n) is 7.56. The SMILES string of the molecule is N#Cc1ccc(-c2ccc(C3(CC(=O)NOC4CCCCO4)CCN(C(=O)c4ccccc4)CCS3(=O)=O)s2)cc1. The first-order valence-electron chi connectivity index (χ1n) is 13.5. The molecule has 2 aliphatic heterocycles. The van der Waals surface area contributed by atoms with Gasteiger partial charge in [-0.25, -0.2) is 18.7 Å². The molecule has 5 rings (SSSR count). The molecule has 1 aromatic heterocycles. The van der Waals surface area contributed by atoms with Crippen LogP contribution in [-0.4, -0.2) is 56.9 Å². The number of benzene rings is 2. The average molecular weight is 594 g/mol. The summed E-state index contributed by atoms with van der Waals surface area (Å²) in [4.78, 5) is 34.9. The van der Waals surface area contributed by atoms with Crippen LogP contribution in [-0.2, 0) is 29.0 Å². The topological polar surface area (TPSA) is 126 Å². The predicted molar refractivity (Wildman–Crippen MR) is 154 cm³/mol. The van der Waals surface area contributed by atoms with Crippen LogP contribution in [0.15, 0.2) is 66.7 Å². The number of ether oxygens (including phenoxy) is 1. The number of hydrogen-bond acceptors (Lipinski definition) is 8. The highest BCUT2D eigenvalue weighted by atomic mass is 32.2. The molecule has 11 heteroatoms. The zero-order valence-electron chi connectivity index (χ0n) is 22.5. The molecule has 2 unspecified atom stereocenters. The minimum absolute atomic E-state index is 0.0275. The summed E-state index contributed by atoms with van der Waals surface area (Å²) in [5.41, 5.74) is 4.27. The summed E-state index contributed by atoms with van der Waals surface area (Å²) in [7, 11) is -3.92. The van der Waals surface area contributed by atoms with Crippen molar-refractivity contribution in [3.63, 3.8) is 0 Å². The van der Waals surface area contributed by atoms with Crippen LogP contribution < -0.4 is 5.48 Å². The fraction of sp³-hybridized carbons (Fsp3) is 0.367. The lowest BCUT2D eigenvalue weighted by atomic mass is 9.97. The smallest absolute Gasteiger partial charge is 0.253 e. The third-order valence-corrected chi connectivity index (χ3v) is 11.5. The second kappa shape index (κ2) is 12.5. The molecule has 2 amide bonds. The Morgan fingerprint density at radius 1 is 1.07 bits per heavy atom. The molecule has 9 nitrogen and oxygen atoms in total. The molecule has 214 valence electrons. The molecule has 2 atom stereocenters. The first kappa shape index (κ1) is 29.0. The Labute approximate surface area is 243 Å². The number of thiophene rings is 1. The van der Waals surface area contributed by atoms with Crippen LogP contribution in [0.3, 0.4) is 0 Å². The van der Waals surface area contributed by atoms with E-state index in [4.69, 9.17) is 14.8 Å². The lowest BCUT2D eigenvalue weighted by molar-refractivity contribution is -0.200. The number of hydroxylamine groups is 1. The van der Waals surface area contributed by atoms with Gasteiger partial charge < -0.3 is 9.64 Å². The minimum Gasteiger partial charge on any atom is -0.350 e. The summed E-state index contributed by atoms with van der Waals surface area (Å²) in [6.45, 7) is 0.730. The van der Waals surface area contributed by atoms with Crippen molar-refractivity contribution in [1.29, 1.82) is 5.26 Å². The second-order valence-corrected chi connectivity index (χ2v) is 13.7. The second-order valence-electron chi connectivity index (χ2n) is 10.2. The van der Waals surface area contributed by atoms with Crippen molar-refractivity contribution in [2.45, 2.75) is 43.1 Å². The van der Waals surface area contributed by atoms with Crippen molar-refractivity contribution in [2.24, 2.45) is 0 Å². The van der Waals surface area contributed by atoms with E-state index in [2.05, 4.69) is 11.5 Å². The molecule has 2 aromatic carbocycles. The maximum atomic E-state index is 14.1. The van der Waals surface area contributed by atoms with E-state index in [0.29, 0.717) is 29.0 Å². The third kappa shape index (κ3) is 6.36. The van der Waals surface area contributed by atoms with Gasteiger partial charge in [0.15, 0.2) is 16.1 Å². The Hall–Kier alpha value is -3.56. The molecule has 1 N–H and O–H groups in total. The minimum atomic E-state index is -3.92. The van der Waals surface area contributed by atoms with E-state index in [1.54, 1.807) is 47.4 Å². The summed E-state index contributed by atoms with van der Waals surface area (Å²) >= 11 is 1.30. The Bertz CT molecular complexity index is 1530. The number of carbonyl (C=O) groups excluding carboxylic acids is 2. The van der Waals surface area contributed by atoms with E-state index in [0.717, 1.165) is 23.3 Å². The van der Waals surface area contributed by atoms with Gasteiger partial charge in [0.1, 0.15) is 4.75 Å². The van der Waals surface area contributed by atoms with Gasteiger partial charge in [0.2, 0.25) is 5.91 Å². The van der Waals surface area contributed by atoms with Gasteiger partial charge in [-0.3, -0.25) is 9.59 Å². The van der Waals surface area contributed by atoms with Crippen LogP contribution in [0.2, 0.25) is 0 Å². The highest BCUT2D eigenvalue weighted by Crippen LogP contribution is 2.45. The van der Waals surface area contributed by atoms with Gasteiger partial charge >= 0.3 is 0 Å². The number of amides is 2. The monoisotopic (exact) mass is 593 g/mol. The normalized spacial score (nSPS) is 22.3. The fourth-order valence-corrected chi connectivity index (χ4v) is 8.82. The van der Waals surface area contributed by atoms with Gasteiger partial charge in [-0.2, -0.15) is 5.26 Å². The van der Waals surface area contributed by atoms with Crippen molar-refractivity contribution in [1.82, 2.24) is 10.4 Å². The highest BCUT2D eigenvalue weighted by Gasteiger charge is 2.50. The van der Waals surface area contributed by atoms with Gasteiger partial charge in [-0.1, -0.05) is 30.3 Å². The maximum Gasteiger partial charge on any atom is 0.253 e. The molecule has 2 saturated heterocycles. The fourth-order valence-electron chi connectivity index (χ4n) is 5.21. The average Bonchev–Trinajstić information content (AvgIpc) is 3.46. The Morgan fingerprint density at radius 2 is 1.85 bits per heavy atom. The van der Waals surface area contributed by atoms with E-state index in [1.165, 1.54) is 11.3 Å². The van der Waals surface area contributed by atoms with Crippen molar-refractivity contribution in [3.05, 3.63) is 82.7 Å². The Balaban J connectivity index is 1.45. The van der Waals surface area contributed by atoms with Crippen LogP contribution >= 0.6 is 11.3 Å². The summed E-state index contributed by atoms with van der Waals surface area (Å²) < 4.78 is 32.1. The number of rotatable bonds is 7. The number of sulfone groups is 1. The lowest BCUT2D eigenvalue weighted by Crippen LogP contribution is -2.43. The van der Waals surface area contributed by atoms with Crippen molar-refractivity contribution >= 4 is 33.0 Å². The van der Waals surface area contributed by atoms with Crippen LogP contribution in [0.1, 0.15) is 52.9 Å². The predicted octanol–water partition coefficient (Wildman–Crippen LogP) is 4.41. The molecule has 3 heterocycles. The molecular formula is C30H31N3O6S2. The molecule has 0 aliphatic carbocycles. The lowest BCUT2D eigenvalue weighted by Gasteiger charge is -2.31. The number of nitrogens with zero attached hydrogens (tertiary/aromatic N) is 2. The summed E-state index contributed by atoms with van der Waals surface area (Å²) in [5.74, 6) is -1.10. The largest absolute Gasteiger partial charge is 0.350 e. The van der Waals surface area contributed by atoms with Crippen molar-refractivity contribution in [2.75, 3.05) is 25.4 Å². The van der Waals surface area contributed by atoms with Crippen molar-refractivity contribution < 1.29 is 27.6 Å². The standard InChI is InChI=1S/C30H31N3O6S2/c31-21-22-9-11-23(12-10-22)25-13-14-26(40-25)30(20-27(34)32-39-28-8-4-5-18-38-28)15-16-33(17-19-41(30,36)37)29(35)24-6-2-1-3-7-24/h1-3,6-7,9-14,28H,4-5,8,15-20H2,(H,32,34). The quantitative estimate of drug-likeness (QED) is 0.402. The molecule has 3 aromatic rings. The van der Waals surface area contributed by atoms with E-state index >= 15 is 0 Å². The zero-order chi connectivity index (χ0) is 28.9. The summed E-state index contributed by atoms with van der Waals surface area (Å²) in [6, 6.07) is 21.5. The molecule has 41 heavy (non-hydrogen) atoms. The molecule has 0 bridgehead atoms. The van der Waals surface area contributed by atoms with E-state index in [1.807, 2.05) is 24.3 Å². The molecule has 0 radical (unpaired) electrons. The number of carbonyl (C=O) groups is 2. The molecular weight excluding hydrogens is 562 g/mol. The first-order chi connectivity index (χ1) is 19.8. The van der Waals surface area contributed by atoms with Gasteiger partial charge in [0.05, 0.1) is 23.8 Å². The van der Waals surface area contributed by atoms with E-state index in [-0.39, 0.29) is 37.6 Å². The van der Waals surface area contributed by atoms with Crippen molar-refractivity contribution in [3.8, 4) is 16.5 Å². The summed E-state index contributed by atoms with van der Waals surface area (Å²) in [5, 5.41) is 9.14. The number of nitriles is 1. The van der Waals surface area contributed by atoms with Gasteiger partial charge in [0.25, 0.3) is 5.91 Å². The first-order valence-corrected chi connectivity index (χ1v) is 16.0. The molecule has 0 saturated carbocycles. The maximum absolute atomic E-state index is 14.1. The zero-order valence-corrected chi connectivity index (χ0v) is 24.1. The number of nitrogens with one attached hydrogen (secondary N) is 1. The Morgan fingerprint density at radius 3 is 2.56 bits per heavy atom. The highest BCUT2D eigenvalue weighted by molar-refractivity contribution is 7.92.